The Kier molecular flexibility index (Phi) is 33.4. The van der Waals surface area contributed by atoms with Crippen molar-refractivity contribution in [1.29, 1.82) is 0 Å². The number of esters is 2. The van der Waals surface area contributed by atoms with Gasteiger partial charge in [-0.3, -0.25) is 14.1 Å². The van der Waals surface area contributed by atoms with Crippen LogP contribution in [0, 0.1) is 0 Å². The van der Waals surface area contributed by atoms with Crippen molar-refractivity contribution in [3.63, 3.8) is 0 Å². The summed E-state index contributed by atoms with van der Waals surface area (Å²) in [6, 6.07) is 0. The molecule has 0 saturated carbocycles. The van der Waals surface area contributed by atoms with Gasteiger partial charge in [0.25, 0.3) is 0 Å². The molecule has 0 aliphatic rings. The first-order valence-corrected chi connectivity index (χ1v) is 20.5. The number of rotatable bonds is 34. The average Bonchev–Trinajstić information content (AvgIpc) is 3.05. The number of hydrogen-bond donors (Lipinski definition) is 2. The fourth-order valence-corrected chi connectivity index (χ4v) is 5.33. The third-order valence-electron chi connectivity index (χ3n) is 7.80. The molecule has 0 bridgehead atoms. The number of phosphoric acid groups is 1. The van der Waals surface area contributed by atoms with E-state index in [9.17, 15) is 14.2 Å². The van der Waals surface area contributed by atoms with Crippen LogP contribution < -0.4 is 0 Å². The summed E-state index contributed by atoms with van der Waals surface area (Å²) in [6.07, 6.45) is 41.1. The molecule has 0 radical (unpaired) electrons. The van der Waals surface area contributed by atoms with Crippen LogP contribution >= 0.6 is 7.82 Å². The van der Waals surface area contributed by atoms with Gasteiger partial charge in [0.15, 0.2) is 6.10 Å². The Morgan fingerprint density at radius 1 is 0.542 bits per heavy atom. The Labute approximate surface area is 293 Å². The lowest BCUT2D eigenvalue weighted by Crippen LogP contribution is -2.29. The van der Waals surface area contributed by atoms with Gasteiger partial charge in [0.05, 0.1) is 6.61 Å². The summed E-state index contributed by atoms with van der Waals surface area (Å²) >= 11 is 0. The number of allylic oxidation sites excluding steroid dienone is 8. The summed E-state index contributed by atoms with van der Waals surface area (Å²) in [4.78, 5) is 42.7. The minimum Gasteiger partial charge on any atom is -0.462 e. The van der Waals surface area contributed by atoms with Crippen LogP contribution in [0.3, 0.4) is 0 Å². The second-order valence-electron chi connectivity index (χ2n) is 12.5. The zero-order chi connectivity index (χ0) is 35.4. The Bertz CT molecular complexity index is 921. The van der Waals surface area contributed by atoms with Crippen LogP contribution in [0.25, 0.3) is 0 Å². The normalized spacial score (nSPS) is 13.0. The van der Waals surface area contributed by atoms with E-state index in [0.717, 1.165) is 77.0 Å². The Hall–Kier alpha value is -1.99. The van der Waals surface area contributed by atoms with E-state index in [1.807, 2.05) is 0 Å². The zero-order valence-corrected chi connectivity index (χ0v) is 31.3. The number of hydrogen-bond acceptors (Lipinski definition) is 6. The van der Waals surface area contributed by atoms with E-state index >= 15 is 0 Å². The van der Waals surface area contributed by atoms with Crippen LogP contribution in [0.1, 0.15) is 168 Å². The van der Waals surface area contributed by atoms with Gasteiger partial charge in [-0.15, -0.1) is 0 Å². The molecule has 0 aliphatic heterocycles. The molecule has 0 spiro atoms. The van der Waals surface area contributed by atoms with Gasteiger partial charge in [0.1, 0.15) is 6.61 Å². The lowest BCUT2D eigenvalue weighted by molar-refractivity contribution is -0.161. The molecule has 0 amide bonds. The van der Waals surface area contributed by atoms with Gasteiger partial charge < -0.3 is 19.3 Å². The summed E-state index contributed by atoms with van der Waals surface area (Å²) < 4.78 is 26.3. The van der Waals surface area contributed by atoms with Crippen molar-refractivity contribution in [3.8, 4) is 0 Å². The van der Waals surface area contributed by atoms with E-state index in [2.05, 4.69) is 67.0 Å². The molecule has 9 heteroatoms. The maximum absolute atomic E-state index is 12.4. The van der Waals surface area contributed by atoms with Crippen LogP contribution in [0.4, 0.5) is 0 Å². The largest absolute Gasteiger partial charge is 0.469 e. The Morgan fingerprint density at radius 2 is 0.979 bits per heavy atom. The van der Waals surface area contributed by atoms with E-state index in [0.29, 0.717) is 12.8 Å². The van der Waals surface area contributed by atoms with Gasteiger partial charge in [-0.2, -0.15) is 0 Å². The lowest BCUT2D eigenvalue weighted by Gasteiger charge is -2.18. The van der Waals surface area contributed by atoms with Crippen molar-refractivity contribution in [3.05, 3.63) is 48.6 Å². The predicted octanol–water partition coefficient (Wildman–Crippen LogP) is 11.2. The SMILES string of the molecule is CCC/C=C\C/C=C\CCCCCCCC(=O)OCC(COP(=O)(O)O)OC(=O)CCCCCCCCC/C=C\C/C=C\CCCCC. The van der Waals surface area contributed by atoms with Gasteiger partial charge in [0, 0.05) is 12.8 Å². The number of unbranched alkanes of at least 4 members (excludes halogenated alkanes) is 16. The summed E-state index contributed by atoms with van der Waals surface area (Å²) in [7, 11) is -4.76. The van der Waals surface area contributed by atoms with Crippen molar-refractivity contribution in [2.24, 2.45) is 0 Å². The molecule has 2 N–H and O–H groups in total. The first-order chi connectivity index (χ1) is 23.3. The van der Waals surface area contributed by atoms with E-state index in [4.69, 9.17) is 19.3 Å². The smallest absolute Gasteiger partial charge is 0.462 e. The molecule has 0 aromatic carbocycles. The minimum absolute atomic E-state index is 0.198. The Morgan fingerprint density at radius 3 is 1.46 bits per heavy atom. The second-order valence-corrected chi connectivity index (χ2v) is 13.8. The fourth-order valence-electron chi connectivity index (χ4n) is 4.97. The molecular weight excluding hydrogens is 627 g/mol. The third-order valence-corrected chi connectivity index (χ3v) is 8.29. The van der Waals surface area contributed by atoms with E-state index in [-0.39, 0.29) is 19.4 Å². The average molecular weight is 697 g/mol. The summed E-state index contributed by atoms with van der Waals surface area (Å²) in [5, 5.41) is 0. The van der Waals surface area contributed by atoms with Gasteiger partial charge >= 0.3 is 19.8 Å². The highest BCUT2D eigenvalue weighted by molar-refractivity contribution is 7.46. The number of phosphoric ester groups is 1. The second kappa shape index (κ2) is 34.9. The lowest BCUT2D eigenvalue weighted by atomic mass is 10.1. The molecule has 0 saturated heterocycles. The first-order valence-electron chi connectivity index (χ1n) is 18.9. The molecule has 1 unspecified atom stereocenters. The Balaban J connectivity index is 4.00. The fraction of sp³-hybridized carbons (Fsp3) is 0.744. The van der Waals surface area contributed by atoms with Crippen LogP contribution in [-0.4, -0.2) is 41.0 Å². The first kappa shape index (κ1) is 46.0. The summed E-state index contributed by atoms with van der Waals surface area (Å²) in [6.45, 7) is 3.56. The molecule has 0 aliphatic carbocycles. The molecule has 0 rings (SSSR count). The molecule has 1 atom stereocenters. The summed E-state index contributed by atoms with van der Waals surface area (Å²) in [5.41, 5.74) is 0. The molecule has 0 heterocycles. The summed E-state index contributed by atoms with van der Waals surface area (Å²) in [5.74, 6) is -0.914. The quantitative estimate of drug-likeness (QED) is 0.0295. The third kappa shape index (κ3) is 36.8. The topological polar surface area (TPSA) is 119 Å². The molecule has 0 aromatic rings. The number of carbonyl (C=O) groups excluding carboxylic acids is 2. The van der Waals surface area contributed by atoms with Gasteiger partial charge in [-0.1, -0.05) is 133 Å². The number of carbonyl (C=O) groups is 2. The van der Waals surface area contributed by atoms with Crippen LogP contribution in [-0.2, 0) is 28.2 Å². The van der Waals surface area contributed by atoms with Crippen molar-refractivity contribution >= 4 is 19.8 Å². The van der Waals surface area contributed by atoms with Crippen LogP contribution in [0.15, 0.2) is 48.6 Å². The number of ether oxygens (including phenoxy) is 2. The van der Waals surface area contributed by atoms with Crippen molar-refractivity contribution in [2.75, 3.05) is 13.2 Å². The van der Waals surface area contributed by atoms with Crippen molar-refractivity contribution in [1.82, 2.24) is 0 Å². The molecule has 48 heavy (non-hydrogen) atoms. The molecular formula is C39H69O8P. The highest BCUT2D eigenvalue weighted by atomic mass is 31.2. The standard InChI is InChI=1S/C39H69O8P/c1-3-5-7-9-11-13-15-17-18-19-20-22-24-26-28-30-32-34-39(41)47-37(36-46-48(42,43)44)35-45-38(40)33-31-29-27-25-23-21-16-14-12-10-8-6-4-2/h8,10-11,13-14,16-18,37H,3-7,9,12,15,19-36H2,1-2H3,(H2,42,43,44)/b10-8-,13-11-,16-14-,18-17-. The van der Waals surface area contributed by atoms with E-state index in [1.165, 1.54) is 51.4 Å². The van der Waals surface area contributed by atoms with Gasteiger partial charge in [-0.25, -0.2) is 4.57 Å². The maximum Gasteiger partial charge on any atom is 0.469 e. The molecule has 8 nitrogen and oxygen atoms in total. The molecule has 278 valence electrons. The van der Waals surface area contributed by atoms with Crippen molar-refractivity contribution < 1.29 is 37.9 Å². The van der Waals surface area contributed by atoms with Crippen LogP contribution in [0.5, 0.6) is 0 Å². The minimum atomic E-state index is -4.76. The van der Waals surface area contributed by atoms with Gasteiger partial charge in [0.2, 0.25) is 0 Å². The van der Waals surface area contributed by atoms with Crippen molar-refractivity contribution in [2.45, 2.75) is 174 Å². The maximum atomic E-state index is 12.4. The highest BCUT2D eigenvalue weighted by Crippen LogP contribution is 2.36. The predicted molar refractivity (Wildman–Crippen MR) is 198 cm³/mol. The van der Waals surface area contributed by atoms with Crippen LogP contribution in [0.2, 0.25) is 0 Å². The van der Waals surface area contributed by atoms with Gasteiger partial charge in [-0.05, 0) is 70.6 Å². The molecule has 0 fully saturated rings. The van der Waals surface area contributed by atoms with E-state index in [1.54, 1.807) is 0 Å². The highest BCUT2D eigenvalue weighted by Gasteiger charge is 2.22. The van der Waals surface area contributed by atoms with E-state index < -0.39 is 32.5 Å². The zero-order valence-electron chi connectivity index (χ0n) is 30.4. The molecule has 0 aromatic heterocycles. The monoisotopic (exact) mass is 696 g/mol.